The topological polar surface area (TPSA) is 126 Å². The van der Waals surface area contributed by atoms with E-state index in [0.29, 0.717) is 0 Å². The summed E-state index contributed by atoms with van der Waals surface area (Å²) in [5.74, 6) is -2.20. The molecule has 1 heterocycles. The molecule has 0 aliphatic carbocycles. The molecule has 24 heavy (non-hydrogen) atoms. The lowest BCUT2D eigenvalue weighted by atomic mass is 10.1. The van der Waals surface area contributed by atoms with Gasteiger partial charge in [-0.15, -0.1) is 0 Å². The van der Waals surface area contributed by atoms with E-state index in [-0.39, 0.29) is 21.3 Å². The van der Waals surface area contributed by atoms with Gasteiger partial charge in [0.1, 0.15) is 0 Å². The van der Waals surface area contributed by atoms with E-state index in [9.17, 15) is 18.0 Å². The molecule has 0 aliphatic rings. The van der Waals surface area contributed by atoms with Gasteiger partial charge >= 0.3 is 5.97 Å². The first kappa shape index (κ1) is 18.1. The smallest absolute Gasteiger partial charge is 0.337 e. The average Bonchev–Trinajstić information content (AvgIpc) is 2.48. The summed E-state index contributed by atoms with van der Waals surface area (Å²) in [7, 11) is -3.75. The predicted molar refractivity (Wildman–Crippen MR) is 86.5 cm³/mol. The third-order valence-electron chi connectivity index (χ3n) is 2.73. The molecule has 1 aromatic heterocycles. The molecule has 1 aromatic carbocycles. The molecule has 1 amide bonds. The van der Waals surface area contributed by atoms with Crippen molar-refractivity contribution in [2.75, 3.05) is 11.6 Å². The Hall–Kier alpha value is -2.23. The molecule has 11 heteroatoms. The number of carbonyl (C=O) groups excluding carboxylic acids is 1. The van der Waals surface area contributed by atoms with Gasteiger partial charge in [-0.2, -0.15) is 0 Å². The lowest BCUT2D eigenvalue weighted by Gasteiger charge is -2.09. The van der Waals surface area contributed by atoms with Gasteiger partial charge in [-0.3, -0.25) is 4.79 Å². The molecule has 2 rings (SSSR count). The molecule has 126 valence electrons. The van der Waals surface area contributed by atoms with E-state index >= 15 is 0 Å². The number of rotatable bonds is 4. The molecule has 0 atom stereocenters. The Morgan fingerprint density at radius 2 is 1.92 bits per heavy atom. The predicted octanol–water partition coefficient (Wildman–Crippen LogP) is 2.14. The first-order valence-electron chi connectivity index (χ1n) is 6.16. The van der Waals surface area contributed by atoms with Crippen molar-refractivity contribution in [3.8, 4) is 0 Å². The molecular formula is C13H9Cl2N3O5S. The van der Waals surface area contributed by atoms with Gasteiger partial charge in [0.2, 0.25) is 15.0 Å². The average molecular weight is 390 g/mol. The van der Waals surface area contributed by atoms with Crippen LogP contribution in [0.25, 0.3) is 0 Å². The van der Waals surface area contributed by atoms with Crippen molar-refractivity contribution in [2.45, 2.75) is 5.16 Å². The Morgan fingerprint density at radius 3 is 2.50 bits per heavy atom. The van der Waals surface area contributed by atoms with Crippen molar-refractivity contribution in [1.29, 1.82) is 0 Å². The van der Waals surface area contributed by atoms with Crippen molar-refractivity contribution in [1.82, 2.24) is 9.97 Å². The lowest BCUT2D eigenvalue weighted by Crippen LogP contribution is -2.18. The molecule has 0 saturated heterocycles. The standard InChI is InChI=1S/C13H9Cl2N3O5S/c1-24(22,23)13-16-5-8(15)10(18-13)11(19)17-9-3-2-6(14)4-7(9)12(20)21/h2-5H,1H3,(H,17,19)(H,20,21). The van der Waals surface area contributed by atoms with Crippen LogP contribution in [-0.4, -0.2) is 41.6 Å². The minimum Gasteiger partial charge on any atom is -0.478 e. The van der Waals surface area contributed by atoms with Gasteiger partial charge < -0.3 is 10.4 Å². The second kappa shape index (κ2) is 6.71. The second-order valence-corrected chi connectivity index (χ2v) is 7.32. The van der Waals surface area contributed by atoms with Crippen molar-refractivity contribution in [2.24, 2.45) is 0 Å². The van der Waals surface area contributed by atoms with Crippen LogP contribution < -0.4 is 5.32 Å². The van der Waals surface area contributed by atoms with Gasteiger partial charge in [0.15, 0.2) is 5.69 Å². The van der Waals surface area contributed by atoms with E-state index in [2.05, 4.69) is 15.3 Å². The molecule has 0 spiro atoms. The van der Waals surface area contributed by atoms with E-state index in [1.54, 1.807) is 0 Å². The van der Waals surface area contributed by atoms with E-state index in [1.165, 1.54) is 12.1 Å². The fraction of sp³-hybridized carbons (Fsp3) is 0.0769. The van der Waals surface area contributed by atoms with Crippen LogP contribution in [0.1, 0.15) is 20.8 Å². The molecule has 0 saturated carbocycles. The number of halogens is 2. The summed E-state index contributed by atoms with van der Waals surface area (Å²) in [6.07, 6.45) is 1.85. The summed E-state index contributed by atoms with van der Waals surface area (Å²) in [4.78, 5) is 30.6. The largest absolute Gasteiger partial charge is 0.478 e. The molecular weight excluding hydrogens is 381 g/mol. The third-order valence-corrected chi connectivity index (χ3v) is 4.10. The fourth-order valence-corrected chi connectivity index (χ4v) is 2.52. The van der Waals surface area contributed by atoms with E-state index in [0.717, 1.165) is 18.5 Å². The summed E-state index contributed by atoms with van der Waals surface area (Å²) >= 11 is 11.5. The van der Waals surface area contributed by atoms with Gasteiger partial charge in [0, 0.05) is 11.3 Å². The summed E-state index contributed by atoms with van der Waals surface area (Å²) in [6.45, 7) is 0. The number of anilines is 1. The molecule has 0 bridgehead atoms. The SMILES string of the molecule is CS(=O)(=O)c1ncc(Cl)c(C(=O)Nc2ccc(Cl)cc2C(=O)O)n1. The van der Waals surface area contributed by atoms with Crippen LogP contribution in [-0.2, 0) is 9.84 Å². The fourth-order valence-electron chi connectivity index (χ4n) is 1.67. The Labute approximate surface area is 146 Å². The van der Waals surface area contributed by atoms with Gasteiger partial charge in [0.05, 0.1) is 22.5 Å². The number of sulfone groups is 1. The minimum atomic E-state index is -3.75. The number of carboxylic acid groups (broad SMARTS) is 1. The minimum absolute atomic E-state index is 0.0486. The summed E-state index contributed by atoms with van der Waals surface area (Å²) in [5, 5.41) is 10.8. The highest BCUT2D eigenvalue weighted by molar-refractivity contribution is 7.90. The molecule has 8 nitrogen and oxygen atoms in total. The first-order valence-corrected chi connectivity index (χ1v) is 8.81. The molecule has 0 fully saturated rings. The molecule has 2 N–H and O–H groups in total. The van der Waals surface area contributed by atoms with Gasteiger partial charge in [-0.25, -0.2) is 23.2 Å². The number of nitrogens with one attached hydrogen (secondary N) is 1. The highest BCUT2D eigenvalue weighted by Gasteiger charge is 2.20. The summed E-state index contributed by atoms with van der Waals surface area (Å²) in [6, 6.07) is 3.83. The summed E-state index contributed by atoms with van der Waals surface area (Å²) < 4.78 is 22.9. The quantitative estimate of drug-likeness (QED) is 0.766. The number of aromatic carboxylic acids is 1. The van der Waals surface area contributed by atoms with Crippen LogP contribution >= 0.6 is 23.2 Å². The number of benzene rings is 1. The van der Waals surface area contributed by atoms with Gasteiger partial charge in [0.25, 0.3) is 5.91 Å². The van der Waals surface area contributed by atoms with Gasteiger partial charge in [-0.1, -0.05) is 23.2 Å². The van der Waals surface area contributed by atoms with Crippen LogP contribution in [0, 0.1) is 0 Å². The van der Waals surface area contributed by atoms with Crippen LogP contribution in [0.2, 0.25) is 10.0 Å². The second-order valence-electron chi connectivity index (χ2n) is 4.57. The highest BCUT2D eigenvalue weighted by atomic mass is 35.5. The van der Waals surface area contributed by atoms with Crippen molar-refractivity contribution < 1.29 is 23.1 Å². The van der Waals surface area contributed by atoms with Crippen LogP contribution in [0.3, 0.4) is 0 Å². The highest BCUT2D eigenvalue weighted by Crippen LogP contribution is 2.22. The zero-order valence-corrected chi connectivity index (χ0v) is 14.3. The number of hydrogen-bond acceptors (Lipinski definition) is 6. The number of aromatic nitrogens is 2. The first-order chi connectivity index (χ1) is 11.1. The molecule has 2 aromatic rings. The molecule has 0 radical (unpaired) electrons. The monoisotopic (exact) mass is 389 g/mol. The number of carboxylic acids is 1. The maximum Gasteiger partial charge on any atom is 0.337 e. The van der Waals surface area contributed by atoms with Crippen LogP contribution in [0.15, 0.2) is 29.6 Å². The van der Waals surface area contributed by atoms with E-state index in [4.69, 9.17) is 28.3 Å². The maximum absolute atomic E-state index is 12.3. The van der Waals surface area contributed by atoms with Crippen LogP contribution in [0.5, 0.6) is 0 Å². The Balaban J connectivity index is 2.43. The normalized spacial score (nSPS) is 11.1. The van der Waals surface area contributed by atoms with E-state index in [1.807, 2.05) is 0 Å². The number of hydrogen-bond donors (Lipinski definition) is 2. The van der Waals surface area contributed by atoms with Crippen molar-refractivity contribution in [3.05, 3.63) is 45.7 Å². The molecule has 0 unspecified atom stereocenters. The Bertz CT molecular complexity index is 947. The maximum atomic E-state index is 12.3. The van der Waals surface area contributed by atoms with Crippen molar-refractivity contribution in [3.63, 3.8) is 0 Å². The summed E-state index contributed by atoms with van der Waals surface area (Å²) in [5.41, 5.74) is -0.699. The van der Waals surface area contributed by atoms with Crippen LogP contribution in [0.4, 0.5) is 5.69 Å². The zero-order chi connectivity index (χ0) is 18.1. The number of amides is 1. The van der Waals surface area contributed by atoms with Crippen molar-refractivity contribution >= 4 is 50.6 Å². The lowest BCUT2D eigenvalue weighted by molar-refractivity contribution is 0.0698. The Morgan fingerprint density at radius 1 is 1.25 bits per heavy atom. The van der Waals surface area contributed by atoms with Gasteiger partial charge in [-0.05, 0) is 18.2 Å². The molecule has 0 aliphatic heterocycles. The number of nitrogens with zero attached hydrogens (tertiary/aromatic N) is 2. The zero-order valence-electron chi connectivity index (χ0n) is 11.9. The van der Waals surface area contributed by atoms with E-state index < -0.39 is 32.6 Å². The Kier molecular flexibility index (Phi) is 5.07. The number of carbonyl (C=O) groups is 2. The third kappa shape index (κ3) is 3.99.